The number of benzene rings is 1. The molecule has 0 aliphatic carbocycles. The van der Waals surface area contributed by atoms with Gasteiger partial charge in [0.15, 0.2) is 0 Å². The zero-order valence-electron chi connectivity index (χ0n) is 7.12. The molecule has 0 heterocycles. The molecular formula is C6H5BF4NO2S-. The van der Waals surface area contributed by atoms with Gasteiger partial charge in [0.2, 0.25) is 10.0 Å². The fourth-order valence-electron chi connectivity index (χ4n) is 0.950. The van der Waals surface area contributed by atoms with Gasteiger partial charge in [0.05, 0.1) is 10.7 Å². The lowest BCUT2D eigenvalue weighted by molar-refractivity contribution is 0.494. The van der Waals surface area contributed by atoms with Gasteiger partial charge in [0.25, 0.3) is 0 Å². The molecular weight excluding hydrogens is 237 g/mol. The summed E-state index contributed by atoms with van der Waals surface area (Å²) in [6, 6.07) is 1.28. The highest BCUT2D eigenvalue weighted by Gasteiger charge is 2.30. The van der Waals surface area contributed by atoms with Crippen LogP contribution in [-0.4, -0.2) is 15.4 Å². The summed E-state index contributed by atoms with van der Waals surface area (Å²) in [6.07, 6.45) is 0. The summed E-state index contributed by atoms with van der Waals surface area (Å²) in [7, 11) is -4.26. The van der Waals surface area contributed by atoms with Crippen molar-refractivity contribution in [3.05, 3.63) is 24.0 Å². The van der Waals surface area contributed by atoms with Crippen molar-refractivity contribution in [3.63, 3.8) is 0 Å². The summed E-state index contributed by atoms with van der Waals surface area (Å²) in [5.74, 6) is -1.52. The average Bonchev–Trinajstić information content (AvgIpc) is 2.00. The summed E-state index contributed by atoms with van der Waals surface area (Å²) in [5, 5.41) is 4.61. The normalized spacial score (nSPS) is 12.9. The van der Waals surface area contributed by atoms with Crippen LogP contribution in [-0.2, 0) is 10.0 Å². The molecule has 0 amide bonds. The van der Waals surface area contributed by atoms with Gasteiger partial charge in [-0.3, -0.25) is 0 Å². The van der Waals surface area contributed by atoms with E-state index in [2.05, 4.69) is 5.14 Å². The predicted molar refractivity (Wildman–Crippen MR) is 46.5 cm³/mol. The van der Waals surface area contributed by atoms with Crippen LogP contribution < -0.4 is 10.6 Å². The first-order valence-electron chi connectivity index (χ1n) is 3.64. The number of nitrogens with two attached hydrogens (primary N) is 1. The molecule has 1 aromatic carbocycles. The lowest BCUT2D eigenvalue weighted by Gasteiger charge is -2.16. The van der Waals surface area contributed by atoms with Crippen LogP contribution in [0.25, 0.3) is 0 Å². The molecule has 1 rings (SSSR count). The number of halogens is 4. The molecule has 0 atom stereocenters. The molecule has 2 N–H and O–H groups in total. The van der Waals surface area contributed by atoms with Gasteiger partial charge < -0.3 is 12.9 Å². The summed E-state index contributed by atoms with van der Waals surface area (Å²) >= 11 is 0. The minimum Gasteiger partial charge on any atom is -0.445 e. The zero-order chi connectivity index (χ0) is 11.9. The number of primary sulfonamides is 1. The van der Waals surface area contributed by atoms with E-state index in [1.54, 1.807) is 0 Å². The van der Waals surface area contributed by atoms with E-state index in [-0.39, 0.29) is 6.07 Å². The molecule has 1 aromatic rings. The molecule has 0 aromatic heterocycles. The summed E-state index contributed by atoms with van der Waals surface area (Å²) in [4.78, 5) is -0.766. The molecule has 0 radical (unpaired) electrons. The van der Waals surface area contributed by atoms with Crippen molar-refractivity contribution in [2.24, 2.45) is 5.14 Å². The van der Waals surface area contributed by atoms with Crippen molar-refractivity contribution >= 4 is 22.5 Å². The van der Waals surface area contributed by atoms with E-state index in [1.807, 2.05) is 0 Å². The fraction of sp³-hybridized carbons (Fsp3) is 0. The Bertz CT molecular complexity index is 484. The predicted octanol–water partition coefficient (Wildman–Crippen LogP) is 0.528. The molecule has 0 spiro atoms. The summed E-state index contributed by atoms with van der Waals surface area (Å²) < 4.78 is 70.8. The van der Waals surface area contributed by atoms with E-state index in [9.17, 15) is 25.8 Å². The second-order valence-corrected chi connectivity index (χ2v) is 4.36. The third kappa shape index (κ3) is 2.69. The van der Waals surface area contributed by atoms with Crippen molar-refractivity contribution in [3.8, 4) is 0 Å². The van der Waals surface area contributed by atoms with Gasteiger partial charge in [0, 0.05) is 0 Å². The minimum atomic E-state index is -5.60. The van der Waals surface area contributed by atoms with Crippen LogP contribution in [0.5, 0.6) is 0 Å². The topological polar surface area (TPSA) is 60.2 Å². The second kappa shape index (κ2) is 3.49. The smallest absolute Gasteiger partial charge is 0.445 e. The van der Waals surface area contributed by atoms with Gasteiger partial charge in [-0.1, -0.05) is 11.5 Å². The highest BCUT2D eigenvalue weighted by Crippen LogP contribution is 2.14. The maximum absolute atomic E-state index is 12.7. The van der Waals surface area contributed by atoms with Crippen LogP contribution in [0.2, 0.25) is 0 Å². The Kier molecular flexibility index (Phi) is 2.79. The third-order valence-corrected chi connectivity index (χ3v) is 2.56. The van der Waals surface area contributed by atoms with Crippen LogP contribution in [0, 0.1) is 5.82 Å². The van der Waals surface area contributed by atoms with Crippen LogP contribution in [0.15, 0.2) is 23.1 Å². The van der Waals surface area contributed by atoms with Crippen LogP contribution in [0.1, 0.15) is 0 Å². The number of hydrogen-bond acceptors (Lipinski definition) is 2. The first kappa shape index (κ1) is 12.0. The van der Waals surface area contributed by atoms with Crippen molar-refractivity contribution in [1.82, 2.24) is 0 Å². The van der Waals surface area contributed by atoms with Crippen LogP contribution in [0.4, 0.5) is 17.3 Å². The van der Waals surface area contributed by atoms with E-state index < -0.39 is 33.2 Å². The Morgan fingerprint density at radius 3 is 2.13 bits per heavy atom. The number of sulfonamides is 1. The molecule has 0 aliphatic heterocycles. The second-order valence-electron chi connectivity index (χ2n) is 2.80. The molecule has 0 saturated carbocycles. The van der Waals surface area contributed by atoms with Crippen LogP contribution >= 0.6 is 0 Å². The van der Waals surface area contributed by atoms with Crippen molar-refractivity contribution in [2.45, 2.75) is 4.90 Å². The monoisotopic (exact) mass is 242 g/mol. The van der Waals surface area contributed by atoms with E-state index in [1.165, 1.54) is 0 Å². The molecule has 0 aliphatic rings. The van der Waals surface area contributed by atoms with E-state index in [0.717, 1.165) is 0 Å². The minimum absolute atomic E-state index is 0.185. The Morgan fingerprint density at radius 2 is 1.73 bits per heavy atom. The average molecular weight is 242 g/mol. The molecule has 0 saturated heterocycles. The number of hydrogen-bond donors (Lipinski definition) is 1. The van der Waals surface area contributed by atoms with E-state index in [0.29, 0.717) is 12.1 Å². The quantitative estimate of drug-likeness (QED) is 0.607. The molecule has 0 fully saturated rings. The highest BCUT2D eigenvalue weighted by molar-refractivity contribution is 7.89. The maximum Gasteiger partial charge on any atom is 0.512 e. The van der Waals surface area contributed by atoms with E-state index in [4.69, 9.17) is 0 Å². The van der Waals surface area contributed by atoms with Gasteiger partial charge in [-0.2, -0.15) is 0 Å². The fourth-order valence-corrected chi connectivity index (χ4v) is 1.50. The molecule has 15 heavy (non-hydrogen) atoms. The summed E-state index contributed by atoms with van der Waals surface area (Å²) in [6.45, 7) is -5.60. The SMILES string of the molecule is NS(=O)(=O)c1ccc(F)c([B-](F)(F)F)c1. The maximum atomic E-state index is 12.7. The molecule has 0 bridgehead atoms. The Morgan fingerprint density at radius 1 is 1.20 bits per heavy atom. The third-order valence-electron chi connectivity index (χ3n) is 1.65. The lowest BCUT2D eigenvalue weighted by atomic mass is 9.80. The standard InChI is InChI=1S/C6H5BF4NO2S/c8-6-2-1-4(15(12,13)14)3-5(6)7(9,10)11/h1-3H,(H2,12,13,14)/q-1. The Balaban J connectivity index is 3.43. The highest BCUT2D eigenvalue weighted by atomic mass is 32.2. The first-order valence-corrected chi connectivity index (χ1v) is 5.19. The first-order chi connectivity index (χ1) is 6.62. The lowest BCUT2D eigenvalue weighted by Crippen LogP contribution is -2.37. The van der Waals surface area contributed by atoms with Gasteiger partial charge >= 0.3 is 6.98 Å². The van der Waals surface area contributed by atoms with Crippen molar-refractivity contribution < 1.29 is 25.8 Å². The largest absolute Gasteiger partial charge is 0.512 e. The Hall–Kier alpha value is -1.09. The van der Waals surface area contributed by atoms with Gasteiger partial charge in [-0.25, -0.2) is 17.9 Å². The van der Waals surface area contributed by atoms with E-state index >= 15 is 0 Å². The molecule has 3 nitrogen and oxygen atoms in total. The Labute approximate surface area is 83.0 Å². The van der Waals surface area contributed by atoms with Gasteiger partial charge in [0.1, 0.15) is 0 Å². The molecule has 9 heteroatoms. The zero-order valence-corrected chi connectivity index (χ0v) is 7.94. The molecule has 84 valence electrons. The van der Waals surface area contributed by atoms with Crippen LogP contribution in [0.3, 0.4) is 0 Å². The molecule has 0 unspecified atom stereocenters. The van der Waals surface area contributed by atoms with Gasteiger partial charge in [-0.15, -0.1) is 0 Å². The summed E-state index contributed by atoms with van der Waals surface area (Å²) in [5.41, 5.74) is -1.60. The van der Waals surface area contributed by atoms with Gasteiger partial charge in [-0.05, 0) is 12.1 Å². The van der Waals surface area contributed by atoms with Crippen molar-refractivity contribution in [1.29, 1.82) is 0 Å². The van der Waals surface area contributed by atoms with Crippen molar-refractivity contribution in [2.75, 3.05) is 0 Å². The number of rotatable bonds is 2.